The lowest BCUT2D eigenvalue weighted by atomic mass is 9.95. The van der Waals surface area contributed by atoms with E-state index < -0.39 is 16.8 Å². The van der Waals surface area contributed by atoms with Gasteiger partial charge in [-0.1, -0.05) is 38.8 Å². The van der Waals surface area contributed by atoms with Crippen molar-refractivity contribution >= 4 is 11.6 Å². The summed E-state index contributed by atoms with van der Waals surface area (Å²) >= 11 is 0. The normalized spacial score (nSPS) is 16.8. The minimum atomic E-state index is -0.601. The minimum Gasteiger partial charge on any atom is -0.334 e. The summed E-state index contributed by atoms with van der Waals surface area (Å²) in [7, 11) is 0. The van der Waals surface area contributed by atoms with Crippen molar-refractivity contribution in [3.63, 3.8) is 0 Å². The molecule has 1 aromatic carbocycles. The first kappa shape index (κ1) is 17.5. The number of nitrogens with zero attached hydrogens (tertiary/aromatic N) is 2. The molecule has 134 valence electrons. The van der Waals surface area contributed by atoms with E-state index in [1.807, 2.05) is 0 Å². The molecule has 0 bridgehead atoms. The van der Waals surface area contributed by atoms with Gasteiger partial charge in [0.2, 0.25) is 5.91 Å². The van der Waals surface area contributed by atoms with E-state index >= 15 is 0 Å². The van der Waals surface area contributed by atoms with Crippen LogP contribution in [0.4, 0.5) is 10.1 Å². The number of hydrogen-bond donors (Lipinski definition) is 2. The summed E-state index contributed by atoms with van der Waals surface area (Å²) in [5, 5.41) is 6.72. The zero-order chi connectivity index (χ0) is 18.2. The second-order valence-electron chi connectivity index (χ2n) is 7.69. The number of carbonyl (C=O) groups excluding carboxylic acids is 1. The Kier molecular flexibility index (Phi) is 4.36. The Morgan fingerprint density at radius 2 is 2.00 bits per heavy atom. The predicted molar refractivity (Wildman–Crippen MR) is 92.1 cm³/mol. The summed E-state index contributed by atoms with van der Waals surface area (Å²) in [5.74, 6) is -0.191. The average molecular weight is 346 g/mol. The van der Waals surface area contributed by atoms with Crippen molar-refractivity contribution in [2.24, 2.45) is 11.1 Å². The number of anilines is 1. The molecule has 3 rings (SSSR count). The van der Waals surface area contributed by atoms with Crippen molar-refractivity contribution in [2.45, 2.75) is 52.0 Å². The zero-order valence-corrected chi connectivity index (χ0v) is 14.7. The van der Waals surface area contributed by atoms with Crippen LogP contribution < -0.4 is 11.1 Å². The third-order valence-corrected chi connectivity index (χ3v) is 4.50. The van der Waals surface area contributed by atoms with Gasteiger partial charge in [-0.25, -0.2) is 4.39 Å². The lowest BCUT2D eigenvalue weighted by Crippen LogP contribution is -2.34. The van der Waals surface area contributed by atoms with Gasteiger partial charge in [-0.15, -0.1) is 0 Å². The van der Waals surface area contributed by atoms with Crippen molar-refractivity contribution in [1.82, 2.24) is 10.1 Å². The number of nitrogens with two attached hydrogens (primary N) is 1. The first-order valence-corrected chi connectivity index (χ1v) is 8.43. The summed E-state index contributed by atoms with van der Waals surface area (Å²) in [6, 6.07) is 4.26. The highest BCUT2D eigenvalue weighted by molar-refractivity contribution is 5.94. The predicted octanol–water partition coefficient (Wildman–Crippen LogP) is 3.59. The van der Waals surface area contributed by atoms with E-state index in [4.69, 9.17) is 10.3 Å². The van der Waals surface area contributed by atoms with Crippen LogP contribution in [0.5, 0.6) is 0 Å². The molecule has 1 aliphatic rings. The Morgan fingerprint density at radius 1 is 1.32 bits per heavy atom. The van der Waals surface area contributed by atoms with Crippen LogP contribution in [0.15, 0.2) is 22.7 Å². The van der Waals surface area contributed by atoms with Gasteiger partial charge in [0, 0.05) is 11.1 Å². The van der Waals surface area contributed by atoms with E-state index in [0.717, 1.165) is 25.7 Å². The van der Waals surface area contributed by atoms with Crippen LogP contribution in [0.1, 0.15) is 52.3 Å². The summed E-state index contributed by atoms with van der Waals surface area (Å²) in [5.41, 5.74) is 5.78. The van der Waals surface area contributed by atoms with Crippen LogP contribution in [0, 0.1) is 11.2 Å². The number of halogens is 1. The van der Waals surface area contributed by atoms with Gasteiger partial charge >= 0.3 is 0 Å². The third kappa shape index (κ3) is 3.56. The topological polar surface area (TPSA) is 94.0 Å². The Balaban J connectivity index is 1.89. The summed E-state index contributed by atoms with van der Waals surface area (Å²) in [6.07, 6.45) is 3.61. The van der Waals surface area contributed by atoms with Crippen molar-refractivity contribution in [1.29, 1.82) is 0 Å². The quantitative estimate of drug-likeness (QED) is 0.886. The van der Waals surface area contributed by atoms with E-state index in [1.165, 1.54) is 18.2 Å². The summed E-state index contributed by atoms with van der Waals surface area (Å²) in [4.78, 5) is 16.4. The number of rotatable bonds is 3. The molecule has 1 aliphatic carbocycles. The monoisotopic (exact) mass is 346 g/mol. The molecule has 2 aromatic rings. The molecule has 1 amide bonds. The van der Waals surface area contributed by atoms with E-state index in [1.54, 1.807) is 20.8 Å². The molecule has 0 saturated heterocycles. The van der Waals surface area contributed by atoms with Gasteiger partial charge in [-0.05, 0) is 31.0 Å². The van der Waals surface area contributed by atoms with E-state index in [9.17, 15) is 9.18 Å². The van der Waals surface area contributed by atoms with E-state index in [-0.39, 0.29) is 17.4 Å². The molecule has 1 fully saturated rings. The smallest absolute Gasteiger partial charge is 0.261 e. The van der Waals surface area contributed by atoms with E-state index in [2.05, 4.69) is 15.5 Å². The van der Waals surface area contributed by atoms with Crippen LogP contribution in [0.2, 0.25) is 0 Å². The van der Waals surface area contributed by atoms with Crippen molar-refractivity contribution in [2.75, 3.05) is 5.32 Å². The van der Waals surface area contributed by atoms with Crippen LogP contribution in [0.3, 0.4) is 0 Å². The number of hydrogen-bond acceptors (Lipinski definition) is 5. The maximum atomic E-state index is 14.2. The first-order valence-electron chi connectivity index (χ1n) is 8.43. The molecule has 3 N–H and O–H groups in total. The Hall–Kier alpha value is -2.28. The Morgan fingerprint density at radius 3 is 2.64 bits per heavy atom. The average Bonchev–Trinajstić information content (AvgIpc) is 3.18. The SMILES string of the molecule is CC(C)(C)C(=O)Nc1ccc(F)c(-c2nc(C3(N)CCCC3)no2)c1. The highest BCUT2D eigenvalue weighted by atomic mass is 19.1. The van der Waals surface area contributed by atoms with Gasteiger partial charge in [-0.2, -0.15) is 4.98 Å². The van der Waals surface area contributed by atoms with Gasteiger partial charge in [0.1, 0.15) is 5.82 Å². The van der Waals surface area contributed by atoms with Crippen LogP contribution >= 0.6 is 0 Å². The van der Waals surface area contributed by atoms with Crippen LogP contribution in [-0.2, 0) is 10.3 Å². The van der Waals surface area contributed by atoms with Gasteiger partial charge < -0.3 is 15.6 Å². The van der Waals surface area contributed by atoms with Crippen LogP contribution in [-0.4, -0.2) is 16.0 Å². The second kappa shape index (κ2) is 6.22. The molecule has 1 heterocycles. The molecule has 0 spiro atoms. The van der Waals surface area contributed by atoms with Gasteiger partial charge in [0.25, 0.3) is 5.89 Å². The second-order valence-corrected chi connectivity index (χ2v) is 7.69. The first-order chi connectivity index (χ1) is 11.7. The fourth-order valence-electron chi connectivity index (χ4n) is 2.85. The molecular formula is C18H23FN4O2. The number of nitrogens with one attached hydrogen (secondary N) is 1. The fourth-order valence-corrected chi connectivity index (χ4v) is 2.85. The Bertz CT molecular complexity index is 789. The molecule has 0 radical (unpaired) electrons. The maximum absolute atomic E-state index is 14.2. The zero-order valence-electron chi connectivity index (χ0n) is 14.7. The summed E-state index contributed by atoms with van der Waals surface area (Å²) < 4.78 is 19.5. The van der Waals surface area contributed by atoms with Gasteiger partial charge in [0.05, 0.1) is 11.1 Å². The fraction of sp³-hybridized carbons (Fsp3) is 0.500. The van der Waals surface area contributed by atoms with Crippen molar-refractivity contribution in [3.8, 4) is 11.5 Å². The van der Waals surface area contributed by atoms with E-state index in [0.29, 0.717) is 11.5 Å². The molecular weight excluding hydrogens is 323 g/mol. The lowest BCUT2D eigenvalue weighted by molar-refractivity contribution is -0.123. The molecule has 6 nitrogen and oxygen atoms in total. The number of aromatic nitrogens is 2. The molecule has 0 unspecified atom stereocenters. The summed E-state index contributed by atoms with van der Waals surface area (Å²) in [6.45, 7) is 5.41. The standard InChI is InChI=1S/C18H23FN4O2/c1-17(2,3)16(24)21-11-6-7-13(19)12(10-11)14-22-15(23-25-14)18(20)8-4-5-9-18/h6-7,10H,4-5,8-9,20H2,1-3H3,(H,21,24). The minimum absolute atomic E-state index is 0.0658. The van der Waals surface area contributed by atoms with Crippen LogP contribution in [0.25, 0.3) is 11.5 Å². The number of carbonyl (C=O) groups is 1. The van der Waals surface area contributed by atoms with Gasteiger partial charge in [0.15, 0.2) is 5.82 Å². The van der Waals surface area contributed by atoms with Crippen molar-refractivity contribution < 1.29 is 13.7 Å². The molecule has 1 saturated carbocycles. The molecule has 7 heteroatoms. The number of benzene rings is 1. The lowest BCUT2D eigenvalue weighted by Gasteiger charge is -2.18. The van der Waals surface area contributed by atoms with Gasteiger partial charge in [-0.3, -0.25) is 4.79 Å². The Labute approximate surface area is 146 Å². The molecule has 0 atom stereocenters. The highest BCUT2D eigenvalue weighted by Crippen LogP contribution is 2.36. The molecule has 0 aliphatic heterocycles. The van der Waals surface area contributed by atoms with Crippen molar-refractivity contribution in [3.05, 3.63) is 29.8 Å². The third-order valence-electron chi connectivity index (χ3n) is 4.50. The maximum Gasteiger partial charge on any atom is 0.261 e. The molecule has 1 aromatic heterocycles. The molecule has 25 heavy (non-hydrogen) atoms. The largest absolute Gasteiger partial charge is 0.334 e. The number of amides is 1. The highest BCUT2D eigenvalue weighted by Gasteiger charge is 2.36.